The van der Waals surface area contributed by atoms with Crippen molar-refractivity contribution >= 4 is 30.3 Å². The standard InChI is InChI=1S/C17H23F2NOS.C4H10N2/c1-5-6-7-14-11-15(13(3)10-12(14)2)16(21)20-8-9-22-17(4,18)19;5-1-4-2-6-3-4/h7,10-11H,2,5-6,8-9H2,1,3-4H3,(H,20,21);4,6H,1-3,5H2/b14-7-;. The Morgan fingerprint density at radius 3 is 2.61 bits per heavy atom. The first-order valence-electron chi connectivity index (χ1n) is 9.68. The van der Waals surface area contributed by atoms with E-state index in [2.05, 4.69) is 30.2 Å². The molecule has 4 nitrogen and oxygen atoms in total. The van der Waals surface area contributed by atoms with Crippen LogP contribution in [0.25, 0.3) is 12.7 Å². The van der Waals surface area contributed by atoms with Gasteiger partial charge in [-0.1, -0.05) is 43.8 Å². The molecular weight excluding hydrogens is 380 g/mol. The number of nitrogens with one attached hydrogen (secondary N) is 2. The Kier molecular flexibility index (Phi) is 10.7. The first-order chi connectivity index (χ1) is 13.2. The second kappa shape index (κ2) is 12.2. The van der Waals surface area contributed by atoms with E-state index < -0.39 is 5.25 Å². The highest BCUT2D eigenvalue weighted by Crippen LogP contribution is 2.26. The molecule has 1 aromatic rings. The molecule has 0 radical (unpaired) electrons. The predicted molar refractivity (Wildman–Crippen MR) is 116 cm³/mol. The van der Waals surface area contributed by atoms with E-state index >= 15 is 0 Å². The van der Waals surface area contributed by atoms with Gasteiger partial charge in [0.1, 0.15) is 0 Å². The van der Waals surface area contributed by atoms with Gasteiger partial charge < -0.3 is 16.4 Å². The SMILES string of the molecule is C=c1cc(C)c(C(=O)NCCSC(C)(F)F)c/c1=C/CCC.NCC1CNC1. The van der Waals surface area contributed by atoms with Gasteiger partial charge in [0.2, 0.25) is 0 Å². The molecule has 1 amide bonds. The van der Waals surface area contributed by atoms with Gasteiger partial charge in [-0.3, -0.25) is 4.79 Å². The molecule has 1 heterocycles. The quantitative estimate of drug-likeness (QED) is 0.572. The average molecular weight is 414 g/mol. The van der Waals surface area contributed by atoms with E-state index in [1.165, 1.54) is 0 Å². The highest BCUT2D eigenvalue weighted by atomic mass is 32.2. The zero-order valence-electron chi connectivity index (χ0n) is 17.1. The largest absolute Gasteiger partial charge is 0.351 e. The molecule has 4 N–H and O–H groups in total. The van der Waals surface area contributed by atoms with Crippen LogP contribution in [0.1, 0.15) is 42.6 Å². The Hall–Kier alpha value is -1.44. The van der Waals surface area contributed by atoms with Crippen molar-refractivity contribution in [3.8, 4) is 0 Å². The van der Waals surface area contributed by atoms with Gasteiger partial charge in [0, 0.05) is 37.9 Å². The minimum atomic E-state index is -2.77. The van der Waals surface area contributed by atoms with Crippen molar-refractivity contribution in [2.24, 2.45) is 11.7 Å². The maximum absolute atomic E-state index is 12.7. The van der Waals surface area contributed by atoms with E-state index in [1.54, 1.807) is 0 Å². The minimum absolute atomic E-state index is 0.177. The Bertz CT molecular complexity index is 728. The number of thioether (sulfide) groups is 1. The topological polar surface area (TPSA) is 67.2 Å². The molecule has 2 rings (SSSR count). The summed E-state index contributed by atoms with van der Waals surface area (Å²) in [5, 5.41) is 4.90. The van der Waals surface area contributed by atoms with E-state index in [0.29, 0.717) is 17.3 Å². The Morgan fingerprint density at radius 1 is 1.46 bits per heavy atom. The molecule has 28 heavy (non-hydrogen) atoms. The van der Waals surface area contributed by atoms with Crippen LogP contribution in [0.15, 0.2) is 12.1 Å². The first kappa shape index (κ1) is 24.6. The number of carbonyl (C=O) groups is 1. The summed E-state index contributed by atoms with van der Waals surface area (Å²) in [5.41, 5.74) is 6.70. The lowest BCUT2D eigenvalue weighted by atomic mass is 10.0. The molecule has 0 unspecified atom stereocenters. The average Bonchev–Trinajstić information content (AvgIpc) is 2.56. The highest BCUT2D eigenvalue weighted by molar-refractivity contribution is 8.00. The Morgan fingerprint density at radius 2 is 2.14 bits per heavy atom. The summed E-state index contributed by atoms with van der Waals surface area (Å²) in [5.74, 6) is 0.727. The molecule has 0 aromatic heterocycles. The summed E-state index contributed by atoms with van der Waals surface area (Å²) in [6.07, 6.45) is 4.01. The van der Waals surface area contributed by atoms with E-state index in [4.69, 9.17) is 5.73 Å². The number of alkyl halides is 2. The number of nitrogens with two attached hydrogens (primary N) is 1. The molecule has 0 aliphatic carbocycles. The van der Waals surface area contributed by atoms with Crippen molar-refractivity contribution in [2.45, 2.75) is 38.9 Å². The molecule has 1 aromatic carbocycles. The second-order valence-electron chi connectivity index (χ2n) is 7.03. The molecule has 0 bridgehead atoms. The third-order valence-electron chi connectivity index (χ3n) is 4.33. The lowest BCUT2D eigenvalue weighted by Crippen LogP contribution is -2.45. The fourth-order valence-corrected chi connectivity index (χ4v) is 3.09. The van der Waals surface area contributed by atoms with E-state index in [-0.39, 0.29) is 18.2 Å². The number of hydrogen-bond acceptors (Lipinski definition) is 4. The molecule has 158 valence electrons. The third-order valence-corrected chi connectivity index (χ3v) is 5.24. The highest BCUT2D eigenvalue weighted by Gasteiger charge is 2.21. The number of carbonyl (C=O) groups excluding carboxylic acids is 1. The summed E-state index contributed by atoms with van der Waals surface area (Å²) < 4.78 is 25.4. The van der Waals surface area contributed by atoms with Gasteiger partial charge in [0.25, 0.3) is 11.2 Å². The van der Waals surface area contributed by atoms with Crippen LogP contribution in [0.2, 0.25) is 0 Å². The van der Waals surface area contributed by atoms with Crippen LogP contribution in [0.5, 0.6) is 0 Å². The summed E-state index contributed by atoms with van der Waals surface area (Å²) in [6.45, 7) is 12.1. The van der Waals surface area contributed by atoms with E-state index in [9.17, 15) is 13.6 Å². The molecule has 1 aliphatic rings. The van der Waals surface area contributed by atoms with Crippen LogP contribution in [-0.2, 0) is 0 Å². The lowest BCUT2D eigenvalue weighted by Gasteiger charge is -2.24. The normalized spacial score (nSPS) is 14.9. The van der Waals surface area contributed by atoms with Crippen molar-refractivity contribution in [3.05, 3.63) is 33.7 Å². The van der Waals surface area contributed by atoms with Crippen molar-refractivity contribution in [2.75, 3.05) is 31.9 Å². The molecule has 7 heteroatoms. The third kappa shape index (κ3) is 9.17. The van der Waals surface area contributed by atoms with Crippen LogP contribution in [0, 0.1) is 12.8 Å². The number of unbranched alkanes of at least 4 members (excludes halogenated alkanes) is 1. The van der Waals surface area contributed by atoms with Gasteiger partial charge in [-0.25, -0.2) is 0 Å². The lowest BCUT2D eigenvalue weighted by molar-refractivity contribution is 0.0954. The van der Waals surface area contributed by atoms with Gasteiger partial charge in [-0.2, -0.15) is 8.78 Å². The molecule has 1 fully saturated rings. The number of amides is 1. The number of rotatable bonds is 8. The second-order valence-corrected chi connectivity index (χ2v) is 8.44. The Balaban J connectivity index is 0.000000552. The van der Waals surface area contributed by atoms with Crippen LogP contribution in [0.4, 0.5) is 8.78 Å². The summed E-state index contributed by atoms with van der Waals surface area (Å²) >= 11 is 0.527. The van der Waals surface area contributed by atoms with E-state index in [0.717, 1.165) is 61.3 Å². The first-order valence-corrected chi connectivity index (χ1v) is 10.7. The fourth-order valence-electron chi connectivity index (χ4n) is 2.52. The van der Waals surface area contributed by atoms with Gasteiger partial charge in [-0.15, -0.1) is 0 Å². The van der Waals surface area contributed by atoms with Gasteiger partial charge >= 0.3 is 0 Å². The van der Waals surface area contributed by atoms with Crippen molar-refractivity contribution < 1.29 is 13.6 Å². The van der Waals surface area contributed by atoms with E-state index in [1.807, 2.05) is 19.1 Å². The summed E-state index contributed by atoms with van der Waals surface area (Å²) in [4.78, 5) is 12.2. The molecule has 0 atom stereocenters. The molecule has 0 spiro atoms. The van der Waals surface area contributed by atoms with Gasteiger partial charge in [-0.05, 0) is 47.9 Å². The minimum Gasteiger partial charge on any atom is -0.351 e. The van der Waals surface area contributed by atoms with Crippen molar-refractivity contribution in [1.29, 1.82) is 0 Å². The van der Waals surface area contributed by atoms with Crippen LogP contribution >= 0.6 is 11.8 Å². The van der Waals surface area contributed by atoms with Crippen molar-refractivity contribution in [1.82, 2.24) is 10.6 Å². The summed E-state index contributed by atoms with van der Waals surface area (Å²) in [7, 11) is 0. The van der Waals surface area contributed by atoms with Crippen LogP contribution in [-0.4, -0.2) is 43.1 Å². The fraction of sp³-hybridized carbons (Fsp3) is 0.571. The molecule has 1 aliphatic heterocycles. The van der Waals surface area contributed by atoms with Crippen LogP contribution in [0.3, 0.4) is 0 Å². The summed E-state index contributed by atoms with van der Waals surface area (Å²) in [6, 6.07) is 3.70. The smallest absolute Gasteiger partial charge is 0.291 e. The molecular formula is C21H33F2N3OS. The monoisotopic (exact) mass is 413 g/mol. The zero-order valence-corrected chi connectivity index (χ0v) is 17.9. The van der Waals surface area contributed by atoms with Crippen LogP contribution < -0.4 is 26.8 Å². The van der Waals surface area contributed by atoms with Gasteiger partial charge in [0.15, 0.2) is 0 Å². The van der Waals surface area contributed by atoms with Gasteiger partial charge in [0.05, 0.1) is 0 Å². The maximum atomic E-state index is 12.7. The zero-order chi connectivity index (χ0) is 21.2. The number of aryl methyl sites for hydroxylation is 1. The number of hydrogen-bond donors (Lipinski definition) is 3. The van der Waals surface area contributed by atoms with Crippen molar-refractivity contribution in [3.63, 3.8) is 0 Å². The Labute approximate surface area is 171 Å². The maximum Gasteiger partial charge on any atom is 0.291 e. The number of halogens is 2. The predicted octanol–water partition coefficient (Wildman–Crippen LogP) is 2.23. The number of benzene rings is 1. The molecule has 0 saturated carbocycles. The molecule has 1 saturated heterocycles.